The van der Waals surface area contributed by atoms with E-state index in [2.05, 4.69) is 5.32 Å². The minimum atomic E-state index is -1.04. The summed E-state index contributed by atoms with van der Waals surface area (Å²) in [5, 5.41) is 13.1. The highest BCUT2D eigenvalue weighted by Crippen LogP contribution is 2.23. The fraction of sp³-hybridized carbons (Fsp3) is 0.357. The number of nitrogens with zero attached hydrogens (tertiary/aromatic N) is 1. The first kappa shape index (κ1) is 15.2. The van der Waals surface area contributed by atoms with Gasteiger partial charge in [0, 0.05) is 11.0 Å². The Kier molecular flexibility index (Phi) is 4.74. The lowest BCUT2D eigenvalue weighted by molar-refractivity contribution is -0.131. The standard InChI is InChI=1S/C14H16N2O4S/c1-2-3-10-13(19)16(14(20)15-10)8-11-9(6-7-21-11)4-5-12(17)18/h4-7,10H,2-3,8H2,1H3,(H,15,20)(H,17,18). The molecule has 1 aliphatic heterocycles. The zero-order chi connectivity index (χ0) is 15.4. The van der Waals surface area contributed by atoms with Gasteiger partial charge in [-0.25, -0.2) is 9.59 Å². The van der Waals surface area contributed by atoms with Crippen LogP contribution in [0.1, 0.15) is 30.2 Å². The normalized spacial score (nSPS) is 18.5. The summed E-state index contributed by atoms with van der Waals surface area (Å²) < 4.78 is 0. The summed E-state index contributed by atoms with van der Waals surface area (Å²) in [5.74, 6) is -1.26. The van der Waals surface area contributed by atoms with Gasteiger partial charge in [0.2, 0.25) is 0 Å². The first-order valence-corrected chi connectivity index (χ1v) is 7.50. The number of thiophene rings is 1. The lowest BCUT2D eigenvalue weighted by Gasteiger charge is -2.12. The summed E-state index contributed by atoms with van der Waals surface area (Å²) in [6, 6.07) is 0.932. The van der Waals surface area contributed by atoms with Gasteiger partial charge in [0.25, 0.3) is 5.91 Å². The van der Waals surface area contributed by atoms with Gasteiger partial charge in [0.05, 0.1) is 6.54 Å². The predicted molar refractivity (Wildman–Crippen MR) is 78.8 cm³/mol. The second-order valence-corrected chi connectivity index (χ2v) is 5.69. The van der Waals surface area contributed by atoms with Crippen molar-refractivity contribution in [3.63, 3.8) is 0 Å². The molecule has 21 heavy (non-hydrogen) atoms. The van der Waals surface area contributed by atoms with Crippen LogP contribution in [0.25, 0.3) is 6.08 Å². The highest BCUT2D eigenvalue weighted by atomic mass is 32.1. The number of carbonyl (C=O) groups excluding carboxylic acids is 2. The number of hydrogen-bond acceptors (Lipinski definition) is 4. The third-order valence-corrected chi connectivity index (χ3v) is 4.09. The van der Waals surface area contributed by atoms with E-state index in [-0.39, 0.29) is 18.5 Å². The molecule has 1 unspecified atom stereocenters. The maximum absolute atomic E-state index is 12.1. The first-order chi connectivity index (χ1) is 10.0. The average molecular weight is 308 g/mol. The Morgan fingerprint density at radius 3 is 2.95 bits per heavy atom. The van der Waals surface area contributed by atoms with E-state index in [1.165, 1.54) is 22.3 Å². The molecule has 112 valence electrons. The molecule has 6 nitrogen and oxygen atoms in total. The summed E-state index contributed by atoms with van der Waals surface area (Å²) in [6.45, 7) is 2.12. The molecule has 2 heterocycles. The average Bonchev–Trinajstić information content (AvgIpc) is 2.97. The molecule has 1 aliphatic rings. The monoisotopic (exact) mass is 308 g/mol. The van der Waals surface area contributed by atoms with Gasteiger partial charge in [0.1, 0.15) is 6.04 Å². The molecule has 1 aromatic rings. The zero-order valence-electron chi connectivity index (χ0n) is 11.5. The number of hydrogen-bond donors (Lipinski definition) is 2. The first-order valence-electron chi connectivity index (χ1n) is 6.62. The van der Waals surface area contributed by atoms with Crippen LogP contribution < -0.4 is 5.32 Å². The molecular weight excluding hydrogens is 292 g/mol. The molecule has 0 radical (unpaired) electrons. The maximum atomic E-state index is 12.1. The van der Waals surface area contributed by atoms with Crippen LogP contribution in [-0.2, 0) is 16.1 Å². The quantitative estimate of drug-likeness (QED) is 0.622. The number of carbonyl (C=O) groups is 3. The van der Waals surface area contributed by atoms with E-state index >= 15 is 0 Å². The van der Waals surface area contributed by atoms with Crippen molar-refractivity contribution in [3.8, 4) is 0 Å². The number of carboxylic acid groups (broad SMARTS) is 1. The van der Waals surface area contributed by atoms with Crippen LogP contribution in [0.2, 0.25) is 0 Å². The zero-order valence-corrected chi connectivity index (χ0v) is 12.4. The van der Waals surface area contributed by atoms with E-state index in [9.17, 15) is 14.4 Å². The van der Waals surface area contributed by atoms with Gasteiger partial charge in [-0.3, -0.25) is 9.69 Å². The number of nitrogens with one attached hydrogen (secondary N) is 1. The molecule has 1 saturated heterocycles. The maximum Gasteiger partial charge on any atom is 0.328 e. The number of aliphatic carboxylic acids is 1. The highest BCUT2D eigenvalue weighted by Gasteiger charge is 2.37. The second kappa shape index (κ2) is 6.53. The number of imide groups is 1. The molecule has 1 fully saturated rings. The van der Waals surface area contributed by atoms with Crippen molar-refractivity contribution in [1.29, 1.82) is 0 Å². The van der Waals surface area contributed by atoms with Gasteiger partial charge in [-0.1, -0.05) is 13.3 Å². The Morgan fingerprint density at radius 2 is 2.29 bits per heavy atom. The SMILES string of the molecule is CCCC1NC(=O)N(Cc2sccc2C=CC(=O)O)C1=O. The minimum absolute atomic E-state index is 0.168. The fourth-order valence-electron chi connectivity index (χ4n) is 2.14. The van der Waals surface area contributed by atoms with Gasteiger partial charge < -0.3 is 10.4 Å². The summed E-state index contributed by atoms with van der Waals surface area (Å²) in [5.41, 5.74) is 0.710. The van der Waals surface area contributed by atoms with E-state index in [1.807, 2.05) is 6.92 Å². The molecule has 7 heteroatoms. The van der Waals surface area contributed by atoms with Crippen molar-refractivity contribution in [2.24, 2.45) is 0 Å². The Morgan fingerprint density at radius 1 is 1.52 bits per heavy atom. The molecule has 0 saturated carbocycles. The Bertz CT molecular complexity index is 594. The number of rotatable bonds is 6. The van der Waals surface area contributed by atoms with E-state index < -0.39 is 12.0 Å². The van der Waals surface area contributed by atoms with E-state index in [0.717, 1.165) is 17.4 Å². The molecule has 3 amide bonds. The summed E-state index contributed by atoms with van der Waals surface area (Å²) in [4.78, 5) is 36.5. The predicted octanol–water partition coefficient (Wildman–Crippen LogP) is 2.07. The molecule has 0 bridgehead atoms. The van der Waals surface area contributed by atoms with Gasteiger partial charge in [-0.05, 0) is 29.5 Å². The third kappa shape index (κ3) is 3.49. The van der Waals surface area contributed by atoms with Crippen molar-refractivity contribution >= 4 is 35.3 Å². The van der Waals surface area contributed by atoms with Crippen molar-refractivity contribution in [2.45, 2.75) is 32.4 Å². The van der Waals surface area contributed by atoms with Crippen molar-refractivity contribution in [3.05, 3.63) is 28.0 Å². The molecular formula is C14H16N2O4S. The van der Waals surface area contributed by atoms with Crippen molar-refractivity contribution < 1.29 is 19.5 Å². The van der Waals surface area contributed by atoms with Gasteiger partial charge in [-0.2, -0.15) is 0 Å². The van der Waals surface area contributed by atoms with Crippen LogP contribution in [0.15, 0.2) is 17.5 Å². The molecule has 0 aliphatic carbocycles. The summed E-state index contributed by atoms with van der Waals surface area (Å²) >= 11 is 1.39. The Balaban J connectivity index is 2.12. The molecule has 0 aromatic carbocycles. The third-order valence-electron chi connectivity index (χ3n) is 3.17. The molecule has 2 rings (SSSR count). The fourth-order valence-corrected chi connectivity index (χ4v) is 3.00. The van der Waals surface area contributed by atoms with Gasteiger partial charge in [-0.15, -0.1) is 11.3 Å². The molecule has 0 spiro atoms. The van der Waals surface area contributed by atoms with E-state index in [4.69, 9.17) is 5.11 Å². The van der Waals surface area contributed by atoms with Gasteiger partial charge >= 0.3 is 12.0 Å². The van der Waals surface area contributed by atoms with Crippen molar-refractivity contribution in [1.82, 2.24) is 10.2 Å². The largest absolute Gasteiger partial charge is 0.478 e. The van der Waals surface area contributed by atoms with E-state index in [1.54, 1.807) is 11.4 Å². The van der Waals surface area contributed by atoms with Crippen LogP contribution >= 0.6 is 11.3 Å². The smallest absolute Gasteiger partial charge is 0.328 e. The number of amides is 3. The summed E-state index contributed by atoms with van der Waals surface area (Å²) in [6.07, 6.45) is 3.95. The second-order valence-electron chi connectivity index (χ2n) is 4.69. The van der Waals surface area contributed by atoms with E-state index in [0.29, 0.717) is 12.0 Å². The summed E-state index contributed by atoms with van der Waals surface area (Å²) in [7, 11) is 0. The lowest BCUT2D eigenvalue weighted by Crippen LogP contribution is -2.30. The van der Waals surface area contributed by atoms with Crippen LogP contribution in [0.3, 0.4) is 0 Å². The molecule has 2 N–H and O–H groups in total. The van der Waals surface area contributed by atoms with Crippen LogP contribution in [-0.4, -0.2) is 34.0 Å². The number of carboxylic acids is 1. The lowest BCUT2D eigenvalue weighted by atomic mass is 10.1. The van der Waals surface area contributed by atoms with Gasteiger partial charge in [0.15, 0.2) is 0 Å². The van der Waals surface area contributed by atoms with Crippen LogP contribution in [0.4, 0.5) is 4.79 Å². The van der Waals surface area contributed by atoms with Crippen molar-refractivity contribution in [2.75, 3.05) is 0 Å². The molecule has 1 aromatic heterocycles. The minimum Gasteiger partial charge on any atom is -0.478 e. The Labute approximate surface area is 126 Å². The number of urea groups is 1. The topological polar surface area (TPSA) is 86.7 Å². The highest BCUT2D eigenvalue weighted by molar-refractivity contribution is 7.10. The molecule has 1 atom stereocenters. The van der Waals surface area contributed by atoms with Crippen LogP contribution in [0.5, 0.6) is 0 Å². The van der Waals surface area contributed by atoms with Crippen LogP contribution in [0, 0.1) is 0 Å². The Hall–Kier alpha value is -2.15.